The number of ether oxygens (including phenoxy) is 1. The minimum atomic E-state index is -0.599. The molecule has 0 unspecified atom stereocenters. The zero-order valence-electron chi connectivity index (χ0n) is 18.3. The monoisotopic (exact) mass is 447 g/mol. The minimum Gasteiger partial charge on any atom is -0.444 e. The number of carbonyl (C=O) groups is 2. The lowest BCUT2D eigenvalue weighted by atomic mass is 10.0. The van der Waals surface area contributed by atoms with E-state index in [2.05, 4.69) is 10.6 Å². The van der Waals surface area contributed by atoms with E-state index in [1.807, 2.05) is 43.3 Å². The van der Waals surface area contributed by atoms with Gasteiger partial charge in [-0.15, -0.1) is 0 Å². The van der Waals surface area contributed by atoms with E-state index < -0.39 is 17.8 Å². The molecule has 4 rings (SSSR count). The number of rotatable bonds is 7. The third-order valence-electron chi connectivity index (χ3n) is 6.03. The van der Waals surface area contributed by atoms with Crippen LogP contribution in [-0.2, 0) is 11.3 Å². The average Bonchev–Trinajstić information content (AvgIpc) is 3.52. The van der Waals surface area contributed by atoms with E-state index in [1.54, 1.807) is 30.3 Å². The third kappa shape index (κ3) is 5.38. The lowest BCUT2D eigenvalue weighted by Gasteiger charge is -2.11. The van der Waals surface area contributed by atoms with Crippen LogP contribution in [0.15, 0.2) is 72.8 Å². The Morgan fingerprint density at radius 2 is 1.79 bits per heavy atom. The van der Waals surface area contributed by atoms with Crippen LogP contribution in [0.4, 0.5) is 20.6 Å². The molecule has 2 amide bonds. The highest BCUT2D eigenvalue weighted by Crippen LogP contribution is 2.51. The van der Waals surface area contributed by atoms with Crippen LogP contribution in [0.25, 0.3) is 0 Å². The van der Waals surface area contributed by atoms with E-state index in [0.717, 1.165) is 24.0 Å². The Morgan fingerprint density at radius 3 is 2.42 bits per heavy atom. The SMILES string of the molecule is CC[C@]1(N)C[C@H]1c1ccc(NC(=O)c2ccc(NC(=O)OCc3ccccc3)cc2)c(F)c1. The Hall–Kier alpha value is -3.71. The van der Waals surface area contributed by atoms with Gasteiger partial charge in [0.1, 0.15) is 12.4 Å². The van der Waals surface area contributed by atoms with Crippen molar-refractivity contribution in [3.05, 3.63) is 95.3 Å². The second-order valence-corrected chi connectivity index (χ2v) is 8.30. The van der Waals surface area contributed by atoms with E-state index in [4.69, 9.17) is 10.5 Å². The zero-order chi connectivity index (χ0) is 23.4. The lowest BCUT2D eigenvalue weighted by Crippen LogP contribution is -2.22. The van der Waals surface area contributed by atoms with Gasteiger partial charge in [0.2, 0.25) is 0 Å². The van der Waals surface area contributed by atoms with Crippen molar-refractivity contribution >= 4 is 23.4 Å². The molecule has 0 saturated heterocycles. The molecule has 0 heterocycles. The Morgan fingerprint density at radius 1 is 1.06 bits per heavy atom. The van der Waals surface area contributed by atoms with Crippen molar-refractivity contribution in [1.29, 1.82) is 0 Å². The first-order chi connectivity index (χ1) is 15.9. The number of halogens is 1. The first-order valence-corrected chi connectivity index (χ1v) is 10.9. The standard InChI is InChI=1S/C26H26FN3O3/c1-2-26(28)15-21(26)19-10-13-23(22(27)14-19)30-24(31)18-8-11-20(12-9-18)29-25(32)33-16-17-6-4-3-5-7-17/h3-14,21H,2,15-16,28H2,1H3,(H,29,32)(H,30,31)/t21-,26-/m0/s1. The van der Waals surface area contributed by atoms with Crippen molar-refractivity contribution in [3.8, 4) is 0 Å². The molecule has 0 radical (unpaired) electrons. The maximum absolute atomic E-state index is 14.6. The summed E-state index contributed by atoms with van der Waals surface area (Å²) in [4.78, 5) is 24.5. The Bertz CT molecular complexity index is 1150. The van der Waals surface area contributed by atoms with Crippen molar-refractivity contribution in [3.63, 3.8) is 0 Å². The molecule has 1 aliphatic rings. The van der Waals surface area contributed by atoms with Crippen LogP contribution in [0, 0.1) is 5.82 Å². The second-order valence-electron chi connectivity index (χ2n) is 8.30. The topological polar surface area (TPSA) is 93.5 Å². The first-order valence-electron chi connectivity index (χ1n) is 10.9. The van der Waals surface area contributed by atoms with Crippen LogP contribution in [0.5, 0.6) is 0 Å². The molecule has 1 aliphatic carbocycles. The van der Waals surface area contributed by atoms with Crippen LogP contribution in [-0.4, -0.2) is 17.5 Å². The van der Waals surface area contributed by atoms with Gasteiger partial charge in [-0.1, -0.05) is 43.3 Å². The molecule has 33 heavy (non-hydrogen) atoms. The number of nitrogens with one attached hydrogen (secondary N) is 2. The van der Waals surface area contributed by atoms with Crippen molar-refractivity contribution in [2.75, 3.05) is 10.6 Å². The summed E-state index contributed by atoms with van der Waals surface area (Å²) in [6.07, 6.45) is 1.08. The predicted octanol–water partition coefficient (Wildman–Crippen LogP) is 5.42. The summed E-state index contributed by atoms with van der Waals surface area (Å²) in [6, 6.07) is 20.4. The molecular formula is C26H26FN3O3. The van der Waals surface area contributed by atoms with Gasteiger partial charge < -0.3 is 15.8 Å². The first kappa shape index (κ1) is 22.5. The normalized spacial score (nSPS) is 18.9. The van der Waals surface area contributed by atoms with Gasteiger partial charge in [-0.05, 0) is 60.4 Å². The summed E-state index contributed by atoms with van der Waals surface area (Å²) in [7, 11) is 0. The molecule has 6 nitrogen and oxygen atoms in total. The predicted molar refractivity (Wildman–Crippen MR) is 126 cm³/mol. The molecule has 2 atom stereocenters. The maximum Gasteiger partial charge on any atom is 0.411 e. The molecule has 1 fully saturated rings. The summed E-state index contributed by atoms with van der Waals surface area (Å²) < 4.78 is 19.7. The fourth-order valence-corrected chi connectivity index (χ4v) is 3.79. The summed E-state index contributed by atoms with van der Waals surface area (Å²) in [6.45, 7) is 2.18. The number of benzene rings is 3. The van der Waals surface area contributed by atoms with Crippen LogP contribution in [0.2, 0.25) is 0 Å². The number of anilines is 2. The minimum absolute atomic E-state index is 0.107. The summed E-state index contributed by atoms with van der Waals surface area (Å²) >= 11 is 0. The molecule has 3 aromatic carbocycles. The van der Waals surface area contributed by atoms with Crippen molar-refractivity contribution in [2.45, 2.75) is 37.8 Å². The number of amides is 2. The molecule has 0 bridgehead atoms. The molecule has 170 valence electrons. The van der Waals surface area contributed by atoms with Crippen LogP contribution in [0.3, 0.4) is 0 Å². The van der Waals surface area contributed by atoms with Gasteiger partial charge in [-0.2, -0.15) is 0 Å². The Balaban J connectivity index is 1.31. The van der Waals surface area contributed by atoms with E-state index in [1.165, 1.54) is 6.07 Å². The Kier molecular flexibility index (Phi) is 6.42. The number of hydrogen-bond donors (Lipinski definition) is 3. The van der Waals surface area contributed by atoms with Gasteiger partial charge in [0.05, 0.1) is 5.69 Å². The molecule has 0 aliphatic heterocycles. The van der Waals surface area contributed by atoms with Gasteiger partial charge in [0.25, 0.3) is 5.91 Å². The van der Waals surface area contributed by atoms with Gasteiger partial charge >= 0.3 is 6.09 Å². The summed E-state index contributed by atoms with van der Waals surface area (Å²) in [5.74, 6) is -0.792. The van der Waals surface area contributed by atoms with Crippen molar-refractivity contribution < 1.29 is 18.7 Å². The molecule has 4 N–H and O–H groups in total. The molecular weight excluding hydrogens is 421 g/mol. The summed E-state index contributed by atoms with van der Waals surface area (Å²) in [5.41, 5.74) is 8.62. The van der Waals surface area contributed by atoms with E-state index in [9.17, 15) is 14.0 Å². The summed E-state index contributed by atoms with van der Waals surface area (Å²) in [5, 5.41) is 5.20. The molecule has 7 heteroatoms. The van der Waals surface area contributed by atoms with E-state index in [0.29, 0.717) is 11.3 Å². The Labute approximate surface area is 192 Å². The maximum atomic E-state index is 14.6. The highest BCUT2D eigenvalue weighted by atomic mass is 19.1. The number of carbonyl (C=O) groups excluding carboxylic acids is 2. The highest BCUT2D eigenvalue weighted by molar-refractivity contribution is 6.04. The van der Waals surface area contributed by atoms with Crippen molar-refractivity contribution in [2.24, 2.45) is 5.73 Å². The van der Waals surface area contributed by atoms with Gasteiger partial charge in [0.15, 0.2) is 0 Å². The highest BCUT2D eigenvalue weighted by Gasteiger charge is 2.50. The van der Waals surface area contributed by atoms with E-state index in [-0.39, 0.29) is 23.8 Å². The van der Waals surface area contributed by atoms with Crippen LogP contribution < -0.4 is 16.4 Å². The van der Waals surface area contributed by atoms with E-state index >= 15 is 0 Å². The second kappa shape index (κ2) is 9.42. The third-order valence-corrected chi connectivity index (χ3v) is 6.03. The lowest BCUT2D eigenvalue weighted by molar-refractivity contribution is 0.102. The largest absolute Gasteiger partial charge is 0.444 e. The molecule has 1 saturated carbocycles. The molecule has 3 aromatic rings. The van der Waals surface area contributed by atoms with Gasteiger partial charge in [-0.3, -0.25) is 10.1 Å². The fourth-order valence-electron chi connectivity index (χ4n) is 3.79. The van der Waals surface area contributed by atoms with Crippen LogP contribution in [0.1, 0.15) is 47.2 Å². The smallest absolute Gasteiger partial charge is 0.411 e. The number of hydrogen-bond acceptors (Lipinski definition) is 4. The fraction of sp³-hybridized carbons (Fsp3) is 0.231. The van der Waals surface area contributed by atoms with Gasteiger partial charge in [-0.25, -0.2) is 9.18 Å². The quantitative estimate of drug-likeness (QED) is 0.451. The van der Waals surface area contributed by atoms with Crippen molar-refractivity contribution in [1.82, 2.24) is 0 Å². The average molecular weight is 448 g/mol. The molecule has 0 spiro atoms. The molecule has 0 aromatic heterocycles. The zero-order valence-corrected chi connectivity index (χ0v) is 18.3. The van der Waals surface area contributed by atoms with Gasteiger partial charge in [0, 0.05) is 22.7 Å². The number of nitrogens with two attached hydrogens (primary N) is 1. The van der Waals surface area contributed by atoms with Crippen LogP contribution >= 0.6 is 0 Å².